The van der Waals surface area contributed by atoms with Crippen LogP contribution < -0.4 is 0 Å². The van der Waals surface area contributed by atoms with Crippen molar-refractivity contribution in [1.82, 2.24) is 0 Å². The van der Waals surface area contributed by atoms with Gasteiger partial charge in [0.25, 0.3) is 0 Å². The quantitative estimate of drug-likeness (QED) is 0.185. The van der Waals surface area contributed by atoms with E-state index in [1.165, 1.54) is 0 Å². The van der Waals surface area contributed by atoms with Crippen LogP contribution >= 0.6 is 0 Å². The summed E-state index contributed by atoms with van der Waals surface area (Å²) in [6.45, 7) is 0. The zero-order valence-corrected chi connectivity index (χ0v) is 23.0. The minimum atomic E-state index is -0.749. The molecule has 9 aromatic rings. The van der Waals surface area contributed by atoms with Gasteiger partial charge in [0, 0.05) is 10.8 Å². The normalized spacial score (nSPS) is 17.8. The summed E-state index contributed by atoms with van der Waals surface area (Å²) in [5, 5.41) is 0.703. The summed E-state index contributed by atoms with van der Waals surface area (Å²) in [6.07, 6.45) is 0. The monoisotopic (exact) mass is 592 g/mol. The van der Waals surface area contributed by atoms with E-state index in [0.29, 0.717) is 0 Å². The van der Waals surface area contributed by atoms with Crippen molar-refractivity contribution in [1.29, 1.82) is 0 Å². The molecule has 8 aromatic carbocycles. The van der Waals surface area contributed by atoms with Crippen LogP contribution in [0.2, 0.25) is 0 Å². The lowest BCUT2D eigenvalue weighted by molar-refractivity contribution is 0.669. The van der Waals surface area contributed by atoms with E-state index in [1.807, 2.05) is 0 Å². The number of fused-ring (bicyclic) bond motifs is 5. The maximum atomic E-state index is 9.58. The lowest BCUT2D eigenvalue weighted by Crippen LogP contribution is -1.93. The van der Waals surface area contributed by atoms with Crippen molar-refractivity contribution in [3.8, 4) is 44.5 Å². The molecule has 1 heterocycles. The van der Waals surface area contributed by atoms with Crippen LogP contribution in [0, 0.1) is 0 Å². The van der Waals surface area contributed by atoms with Gasteiger partial charge >= 0.3 is 0 Å². The largest absolute Gasteiger partial charge is 0.456 e. The zero-order valence-electron chi connectivity index (χ0n) is 43.0. The third kappa shape index (κ3) is 4.09. The van der Waals surface area contributed by atoms with Gasteiger partial charge in [-0.15, -0.1) is 0 Å². The Labute approximate surface area is 289 Å². The Morgan fingerprint density at radius 3 is 1.56 bits per heavy atom. The Hall–Kier alpha value is -5.92. The molecular weight excluding hydrogens is 544 g/mol. The molecule has 0 saturated carbocycles. The fourth-order valence-electron chi connectivity index (χ4n) is 5.87. The molecule has 0 fully saturated rings. The van der Waals surface area contributed by atoms with Crippen LogP contribution in [0.15, 0.2) is 174 Å². The molecule has 0 aliphatic heterocycles. The van der Waals surface area contributed by atoms with Crippen molar-refractivity contribution in [2.45, 2.75) is 0 Å². The Morgan fingerprint density at radius 1 is 0.378 bits per heavy atom. The average molecular weight is 593 g/mol. The topological polar surface area (TPSA) is 13.1 Å². The van der Waals surface area contributed by atoms with Gasteiger partial charge in [0.2, 0.25) is 0 Å². The molecule has 0 radical (unpaired) electrons. The molecule has 1 nitrogen and oxygen atoms in total. The maximum absolute atomic E-state index is 9.58. The van der Waals surface area contributed by atoms with Gasteiger partial charge < -0.3 is 4.42 Å². The standard InChI is InChI=1S/C44H28O/c1-3-14-29(15-4-1)31-26-27-40-39(28-31)44-38(24-13-25-41(44)45-40)43-36-22-11-9-20-34(36)42(35-21-10-12-23-37(35)43)33-19-8-7-18-32(33)30-16-5-2-6-17-30/h1-28H/i1D,2D,3D,4D,5D,6D,7D,8D,13D,14D,15D,16D,17D,18D,19D,24D,25D,26D,27D,28D. The number of hydrogen-bond donors (Lipinski definition) is 0. The molecule has 0 aliphatic carbocycles. The molecule has 210 valence electrons. The van der Waals surface area contributed by atoms with Crippen LogP contribution in [0.3, 0.4) is 0 Å². The summed E-state index contributed by atoms with van der Waals surface area (Å²) in [5.41, 5.74) is -2.61. The summed E-state index contributed by atoms with van der Waals surface area (Å²) >= 11 is 0. The molecule has 0 unspecified atom stereocenters. The SMILES string of the molecule is [2H]c1c([2H])c([2H])c(-c2c([2H])c([2H])c([2H])c([2H])c2-c2c3ccccc3c(-c3c([2H])c([2H])c([2H])c4oc5c([2H])c([2H])c(-c6c([2H])c([2H])c([2H])c([2H])c6[2H])c([2H])c5c34)c3ccccc23)c([2H])c1[2H]. The van der Waals surface area contributed by atoms with Crippen molar-refractivity contribution < 1.29 is 31.8 Å². The Kier molecular flexibility index (Phi) is 2.90. The third-order valence-corrected chi connectivity index (χ3v) is 7.69. The summed E-state index contributed by atoms with van der Waals surface area (Å²) in [7, 11) is 0. The molecule has 45 heavy (non-hydrogen) atoms. The van der Waals surface area contributed by atoms with E-state index >= 15 is 0 Å². The molecule has 0 bridgehead atoms. The van der Waals surface area contributed by atoms with Gasteiger partial charge in [0.05, 0.1) is 27.4 Å². The lowest BCUT2D eigenvalue weighted by Gasteiger charge is -2.20. The number of rotatable bonds is 4. The molecule has 0 atom stereocenters. The summed E-state index contributed by atoms with van der Waals surface area (Å²) in [6, 6.07) is -0.747. The fourth-order valence-corrected chi connectivity index (χ4v) is 5.87. The highest BCUT2D eigenvalue weighted by Gasteiger charge is 2.21. The predicted octanol–water partition coefficient (Wildman–Crippen LogP) is 12.6. The van der Waals surface area contributed by atoms with E-state index in [-0.39, 0.29) is 65.7 Å². The van der Waals surface area contributed by atoms with Crippen LogP contribution in [-0.2, 0) is 0 Å². The second kappa shape index (κ2) is 10.4. The first-order valence-corrected chi connectivity index (χ1v) is 13.8. The molecule has 0 saturated heterocycles. The van der Waals surface area contributed by atoms with Crippen LogP contribution in [0.1, 0.15) is 27.4 Å². The van der Waals surface area contributed by atoms with Gasteiger partial charge in [-0.25, -0.2) is 0 Å². The molecule has 1 aromatic heterocycles. The minimum absolute atomic E-state index is 0.0999. The van der Waals surface area contributed by atoms with E-state index in [2.05, 4.69) is 0 Å². The van der Waals surface area contributed by atoms with Crippen molar-refractivity contribution >= 4 is 43.5 Å². The first-order chi connectivity index (χ1) is 30.7. The molecule has 9 rings (SSSR count). The van der Waals surface area contributed by atoms with Crippen molar-refractivity contribution in [2.24, 2.45) is 0 Å². The lowest BCUT2D eigenvalue weighted by atomic mass is 9.83. The van der Waals surface area contributed by atoms with Crippen molar-refractivity contribution in [2.75, 3.05) is 0 Å². The van der Waals surface area contributed by atoms with Crippen LogP contribution in [0.5, 0.6) is 0 Å². The zero-order chi connectivity index (χ0) is 47.1. The first-order valence-electron chi connectivity index (χ1n) is 23.8. The average Bonchev–Trinajstić information content (AvgIpc) is 3.70. The van der Waals surface area contributed by atoms with Crippen LogP contribution in [0.4, 0.5) is 0 Å². The second-order valence-corrected chi connectivity index (χ2v) is 10.1. The van der Waals surface area contributed by atoms with Gasteiger partial charge in [0.1, 0.15) is 11.2 Å². The molecule has 0 aliphatic rings. The summed E-state index contributed by atoms with van der Waals surface area (Å²) in [5.74, 6) is 0. The molecule has 1 heteroatoms. The molecule has 0 spiro atoms. The summed E-state index contributed by atoms with van der Waals surface area (Å²) in [4.78, 5) is 0. The number of furan rings is 1. The van der Waals surface area contributed by atoms with E-state index < -0.39 is 143 Å². The second-order valence-electron chi connectivity index (χ2n) is 10.1. The smallest absolute Gasteiger partial charge is 0.136 e. The van der Waals surface area contributed by atoms with Gasteiger partial charge in [-0.2, -0.15) is 0 Å². The van der Waals surface area contributed by atoms with Gasteiger partial charge in [-0.1, -0.05) is 151 Å². The fraction of sp³-hybridized carbons (Fsp3) is 0. The number of benzene rings is 8. The van der Waals surface area contributed by atoms with E-state index in [9.17, 15) is 4.11 Å². The highest BCUT2D eigenvalue weighted by Crippen LogP contribution is 2.48. The Morgan fingerprint density at radius 2 is 0.911 bits per heavy atom. The van der Waals surface area contributed by atoms with Gasteiger partial charge in [-0.3, -0.25) is 0 Å². The van der Waals surface area contributed by atoms with Crippen LogP contribution in [-0.4, -0.2) is 0 Å². The molecule has 0 N–H and O–H groups in total. The highest BCUT2D eigenvalue weighted by molar-refractivity contribution is 6.26. The van der Waals surface area contributed by atoms with E-state index in [1.54, 1.807) is 48.5 Å². The highest BCUT2D eigenvalue weighted by atomic mass is 16.3. The predicted molar refractivity (Wildman–Crippen MR) is 190 cm³/mol. The third-order valence-electron chi connectivity index (χ3n) is 7.69. The van der Waals surface area contributed by atoms with E-state index in [4.69, 9.17) is 27.7 Å². The van der Waals surface area contributed by atoms with Crippen LogP contribution in [0.25, 0.3) is 88.0 Å². The minimum Gasteiger partial charge on any atom is -0.456 e. The van der Waals surface area contributed by atoms with E-state index in [0.717, 1.165) is 0 Å². The Balaban J connectivity index is 1.51. The number of hydrogen-bond acceptors (Lipinski definition) is 1. The summed E-state index contributed by atoms with van der Waals surface area (Å²) < 4.78 is 182. The van der Waals surface area contributed by atoms with Gasteiger partial charge in [-0.05, 0) is 84.2 Å². The van der Waals surface area contributed by atoms with Crippen molar-refractivity contribution in [3.05, 3.63) is 169 Å². The Bertz CT molecular complexity index is 3550. The van der Waals surface area contributed by atoms with Gasteiger partial charge in [0.15, 0.2) is 0 Å². The molecule has 0 amide bonds. The van der Waals surface area contributed by atoms with Crippen molar-refractivity contribution in [3.63, 3.8) is 0 Å². The molecular formula is C44H28O. The maximum Gasteiger partial charge on any atom is 0.136 e. The first kappa shape index (κ1) is 12.6.